The first kappa shape index (κ1) is 13.0. The van der Waals surface area contributed by atoms with E-state index in [2.05, 4.69) is 15.9 Å². The van der Waals surface area contributed by atoms with Gasteiger partial charge in [-0.25, -0.2) is 0 Å². The molecule has 1 aromatic rings. The van der Waals surface area contributed by atoms with Crippen LogP contribution in [0.5, 0.6) is 5.75 Å². The van der Waals surface area contributed by atoms with Crippen LogP contribution in [0.1, 0.15) is 23.6 Å². The highest BCUT2D eigenvalue weighted by molar-refractivity contribution is 9.10. The number of halogens is 1. The van der Waals surface area contributed by atoms with Crippen LogP contribution in [0.2, 0.25) is 0 Å². The van der Waals surface area contributed by atoms with Crippen molar-refractivity contribution in [2.45, 2.75) is 19.4 Å². The summed E-state index contributed by atoms with van der Waals surface area (Å²) >= 11 is 3.38. The van der Waals surface area contributed by atoms with Gasteiger partial charge < -0.3 is 15.6 Å². The zero-order chi connectivity index (χ0) is 12.3. The lowest BCUT2D eigenvalue weighted by Gasteiger charge is -2.16. The van der Waals surface area contributed by atoms with Crippen molar-refractivity contribution >= 4 is 21.9 Å². The number of nitrogens with two attached hydrogens (primary N) is 1. The molecule has 0 aliphatic rings. The highest BCUT2D eigenvalue weighted by Crippen LogP contribution is 2.34. The number of carboxylic acids is 1. The molecule has 88 valence electrons. The topological polar surface area (TPSA) is 72.5 Å². The number of benzene rings is 1. The van der Waals surface area contributed by atoms with Gasteiger partial charge in [0.25, 0.3) is 0 Å². The molecule has 0 aromatic heterocycles. The zero-order valence-electron chi connectivity index (χ0n) is 9.16. The van der Waals surface area contributed by atoms with Crippen molar-refractivity contribution < 1.29 is 14.6 Å². The molecule has 0 heterocycles. The van der Waals surface area contributed by atoms with E-state index in [0.717, 1.165) is 10.0 Å². The Bertz CT molecular complexity index is 406. The third kappa shape index (κ3) is 2.96. The van der Waals surface area contributed by atoms with Gasteiger partial charge in [0.1, 0.15) is 5.75 Å². The van der Waals surface area contributed by atoms with E-state index in [1.165, 1.54) is 7.11 Å². The molecule has 4 nitrogen and oxygen atoms in total. The van der Waals surface area contributed by atoms with Crippen LogP contribution in [0.15, 0.2) is 16.6 Å². The normalized spacial score (nSPS) is 12.2. The molecule has 0 spiro atoms. The summed E-state index contributed by atoms with van der Waals surface area (Å²) in [6.07, 6.45) is -0.127. The van der Waals surface area contributed by atoms with E-state index < -0.39 is 12.0 Å². The lowest BCUT2D eigenvalue weighted by atomic mass is 10.0. The standard InChI is InChI=1S/C11H14BrNO3/c1-6-3-7(12)11(9(4-6)16-2)8(13)5-10(14)15/h3-4,8H,5,13H2,1-2H3,(H,14,15). The molecule has 3 N–H and O–H groups in total. The number of aliphatic carboxylic acids is 1. The molecule has 0 amide bonds. The van der Waals surface area contributed by atoms with E-state index in [1.54, 1.807) is 0 Å². The third-order valence-electron chi connectivity index (χ3n) is 2.22. The van der Waals surface area contributed by atoms with Gasteiger partial charge in [0.2, 0.25) is 0 Å². The maximum absolute atomic E-state index is 10.6. The van der Waals surface area contributed by atoms with Gasteiger partial charge in [-0.05, 0) is 24.6 Å². The van der Waals surface area contributed by atoms with Gasteiger partial charge >= 0.3 is 5.97 Å². The minimum atomic E-state index is -0.929. The quantitative estimate of drug-likeness (QED) is 0.891. The van der Waals surface area contributed by atoms with Crippen LogP contribution in [-0.4, -0.2) is 18.2 Å². The van der Waals surface area contributed by atoms with Gasteiger partial charge in [-0.1, -0.05) is 15.9 Å². The summed E-state index contributed by atoms with van der Waals surface area (Å²) in [7, 11) is 1.54. The second-order valence-corrected chi connectivity index (χ2v) is 4.42. The summed E-state index contributed by atoms with van der Waals surface area (Å²) in [4.78, 5) is 10.6. The molecule has 1 aromatic carbocycles. The van der Waals surface area contributed by atoms with Crippen LogP contribution in [0.3, 0.4) is 0 Å². The smallest absolute Gasteiger partial charge is 0.305 e. The summed E-state index contributed by atoms with van der Waals surface area (Å²) < 4.78 is 5.98. The number of aryl methyl sites for hydroxylation is 1. The fraction of sp³-hybridized carbons (Fsp3) is 0.364. The Hall–Kier alpha value is -1.07. The van der Waals surface area contributed by atoms with E-state index >= 15 is 0 Å². The maximum Gasteiger partial charge on any atom is 0.305 e. The maximum atomic E-state index is 10.6. The Kier molecular flexibility index (Phi) is 4.32. The van der Waals surface area contributed by atoms with Crippen molar-refractivity contribution in [2.75, 3.05) is 7.11 Å². The first-order valence-corrected chi connectivity index (χ1v) is 5.56. The summed E-state index contributed by atoms with van der Waals surface area (Å²) in [6.45, 7) is 1.93. The van der Waals surface area contributed by atoms with Gasteiger partial charge in [0, 0.05) is 16.1 Å². The van der Waals surface area contributed by atoms with Gasteiger partial charge in [-0.3, -0.25) is 4.79 Å². The fourth-order valence-corrected chi connectivity index (χ4v) is 2.39. The molecule has 0 saturated heterocycles. The van der Waals surface area contributed by atoms with Crippen LogP contribution in [0, 0.1) is 6.92 Å². The van der Waals surface area contributed by atoms with Crippen LogP contribution in [0.25, 0.3) is 0 Å². The Labute approximate surface area is 103 Å². The van der Waals surface area contributed by atoms with E-state index in [-0.39, 0.29) is 6.42 Å². The molecule has 5 heteroatoms. The van der Waals surface area contributed by atoms with Crippen molar-refractivity contribution in [2.24, 2.45) is 5.73 Å². The van der Waals surface area contributed by atoms with Gasteiger partial charge in [-0.15, -0.1) is 0 Å². The molecule has 0 saturated carbocycles. The predicted octanol–water partition coefficient (Wildman–Crippen LogP) is 2.24. The minimum absolute atomic E-state index is 0.127. The van der Waals surface area contributed by atoms with Crippen molar-refractivity contribution in [1.82, 2.24) is 0 Å². The number of hydrogen-bond acceptors (Lipinski definition) is 3. The molecule has 1 atom stereocenters. The molecule has 1 rings (SSSR count). The largest absolute Gasteiger partial charge is 0.496 e. The molecule has 0 aliphatic carbocycles. The van der Waals surface area contributed by atoms with Crippen LogP contribution < -0.4 is 10.5 Å². The second-order valence-electron chi connectivity index (χ2n) is 3.57. The molecule has 0 aliphatic heterocycles. The number of ether oxygens (including phenoxy) is 1. The number of hydrogen-bond donors (Lipinski definition) is 2. The molecule has 0 bridgehead atoms. The highest BCUT2D eigenvalue weighted by Gasteiger charge is 2.18. The summed E-state index contributed by atoms with van der Waals surface area (Å²) in [5.41, 5.74) is 7.55. The van der Waals surface area contributed by atoms with E-state index in [4.69, 9.17) is 15.6 Å². The second kappa shape index (κ2) is 5.32. The van der Waals surface area contributed by atoms with E-state index in [9.17, 15) is 4.79 Å². The summed E-state index contributed by atoms with van der Waals surface area (Å²) in [6, 6.07) is 3.14. The predicted molar refractivity (Wildman–Crippen MR) is 64.6 cm³/mol. The first-order chi connectivity index (χ1) is 7.45. The van der Waals surface area contributed by atoms with Crippen LogP contribution in [0.4, 0.5) is 0 Å². The number of carboxylic acid groups (broad SMARTS) is 1. The lowest BCUT2D eigenvalue weighted by molar-refractivity contribution is -0.137. The average Bonchev–Trinajstić information content (AvgIpc) is 2.14. The SMILES string of the molecule is COc1cc(C)cc(Br)c1C(N)CC(=O)O. The number of rotatable bonds is 4. The van der Waals surface area contributed by atoms with Crippen molar-refractivity contribution in [3.05, 3.63) is 27.7 Å². The summed E-state index contributed by atoms with van der Waals surface area (Å²) in [5.74, 6) is -0.317. The first-order valence-electron chi connectivity index (χ1n) is 4.77. The van der Waals surface area contributed by atoms with Crippen LogP contribution in [-0.2, 0) is 4.79 Å². The lowest BCUT2D eigenvalue weighted by Crippen LogP contribution is -2.16. The van der Waals surface area contributed by atoms with Crippen molar-refractivity contribution in [3.8, 4) is 5.75 Å². The van der Waals surface area contributed by atoms with Gasteiger partial charge in [0.15, 0.2) is 0 Å². The van der Waals surface area contributed by atoms with E-state index in [1.807, 2.05) is 19.1 Å². The molecule has 1 unspecified atom stereocenters. The molecule has 0 radical (unpaired) electrons. The molecule has 0 fully saturated rings. The molecule has 16 heavy (non-hydrogen) atoms. The third-order valence-corrected chi connectivity index (χ3v) is 2.88. The van der Waals surface area contributed by atoms with Gasteiger partial charge in [0.05, 0.1) is 13.5 Å². The Morgan fingerprint density at radius 1 is 1.62 bits per heavy atom. The Balaban J connectivity index is 3.15. The monoisotopic (exact) mass is 287 g/mol. The minimum Gasteiger partial charge on any atom is -0.496 e. The number of methoxy groups -OCH3 is 1. The highest BCUT2D eigenvalue weighted by atomic mass is 79.9. The molecular formula is C11H14BrNO3. The molecular weight excluding hydrogens is 274 g/mol. The number of carbonyl (C=O) groups is 1. The average molecular weight is 288 g/mol. The van der Waals surface area contributed by atoms with Crippen molar-refractivity contribution in [3.63, 3.8) is 0 Å². The van der Waals surface area contributed by atoms with Crippen molar-refractivity contribution in [1.29, 1.82) is 0 Å². The zero-order valence-corrected chi connectivity index (χ0v) is 10.7. The van der Waals surface area contributed by atoms with Gasteiger partial charge in [-0.2, -0.15) is 0 Å². The Morgan fingerprint density at radius 3 is 2.75 bits per heavy atom. The fourth-order valence-electron chi connectivity index (χ4n) is 1.54. The summed E-state index contributed by atoms with van der Waals surface area (Å²) in [5, 5.41) is 8.72. The Morgan fingerprint density at radius 2 is 2.25 bits per heavy atom. The van der Waals surface area contributed by atoms with Crippen LogP contribution >= 0.6 is 15.9 Å². The van der Waals surface area contributed by atoms with E-state index in [0.29, 0.717) is 11.3 Å².